The Kier molecular flexibility index (Phi) is 5.08. The third-order valence-electron chi connectivity index (χ3n) is 4.01. The summed E-state index contributed by atoms with van der Waals surface area (Å²) < 4.78 is 18.9. The highest BCUT2D eigenvalue weighted by atomic mass is 19.1. The molecule has 7 nitrogen and oxygen atoms in total. The van der Waals surface area contributed by atoms with Gasteiger partial charge in [-0.05, 0) is 24.6 Å². The van der Waals surface area contributed by atoms with E-state index in [4.69, 9.17) is 4.74 Å². The van der Waals surface area contributed by atoms with Gasteiger partial charge in [-0.1, -0.05) is 6.07 Å². The van der Waals surface area contributed by atoms with Crippen molar-refractivity contribution in [2.75, 3.05) is 29.9 Å². The standard InChI is InChI=1S/C17H19FN4O3/c1-12-11-21(6-7-25-12)17-5-2-13(10-20-17)9-19-15-8-14(18)3-4-16(15)22(23)24/h2-5,8,10,12,19H,6-7,9,11H2,1H3. The van der Waals surface area contributed by atoms with E-state index in [0.29, 0.717) is 13.2 Å². The van der Waals surface area contributed by atoms with E-state index in [0.717, 1.165) is 42.7 Å². The van der Waals surface area contributed by atoms with Crippen LogP contribution in [0.3, 0.4) is 0 Å². The number of nitro groups is 1. The smallest absolute Gasteiger partial charge is 0.292 e. The van der Waals surface area contributed by atoms with E-state index in [9.17, 15) is 14.5 Å². The Morgan fingerprint density at radius 3 is 2.96 bits per heavy atom. The predicted molar refractivity (Wildman–Crippen MR) is 92.2 cm³/mol. The Balaban J connectivity index is 1.66. The van der Waals surface area contributed by atoms with Crippen LogP contribution in [-0.4, -0.2) is 35.7 Å². The molecule has 0 radical (unpaired) electrons. The van der Waals surface area contributed by atoms with Crippen LogP contribution in [0, 0.1) is 15.9 Å². The lowest BCUT2D eigenvalue weighted by Crippen LogP contribution is -2.41. The Labute approximate surface area is 144 Å². The van der Waals surface area contributed by atoms with Gasteiger partial charge >= 0.3 is 0 Å². The van der Waals surface area contributed by atoms with Crippen molar-refractivity contribution in [1.82, 2.24) is 4.98 Å². The zero-order chi connectivity index (χ0) is 17.8. The molecule has 0 bridgehead atoms. The molecular formula is C17H19FN4O3. The number of anilines is 2. The predicted octanol–water partition coefficient (Wildman–Crippen LogP) is 2.97. The quantitative estimate of drug-likeness (QED) is 0.662. The number of rotatable bonds is 5. The first kappa shape index (κ1) is 17.1. The number of ether oxygens (including phenoxy) is 1. The molecule has 132 valence electrons. The molecule has 1 unspecified atom stereocenters. The topological polar surface area (TPSA) is 80.5 Å². The molecule has 1 aliphatic rings. The van der Waals surface area contributed by atoms with Gasteiger partial charge in [-0.2, -0.15) is 0 Å². The molecule has 0 spiro atoms. The minimum atomic E-state index is -0.539. The van der Waals surface area contributed by atoms with Crippen molar-refractivity contribution in [3.8, 4) is 0 Å². The van der Waals surface area contributed by atoms with Crippen LogP contribution >= 0.6 is 0 Å². The summed E-state index contributed by atoms with van der Waals surface area (Å²) in [5, 5.41) is 13.9. The van der Waals surface area contributed by atoms with Gasteiger partial charge in [0, 0.05) is 38.0 Å². The molecule has 0 saturated carbocycles. The molecule has 3 rings (SSSR count). The van der Waals surface area contributed by atoms with E-state index in [1.807, 2.05) is 19.1 Å². The lowest BCUT2D eigenvalue weighted by atomic mass is 10.2. The van der Waals surface area contributed by atoms with Crippen LogP contribution in [0.5, 0.6) is 0 Å². The highest BCUT2D eigenvalue weighted by molar-refractivity contribution is 5.61. The number of nitro benzene ring substituents is 1. The molecule has 1 saturated heterocycles. The summed E-state index contributed by atoms with van der Waals surface area (Å²) in [6.07, 6.45) is 1.89. The van der Waals surface area contributed by atoms with Crippen LogP contribution < -0.4 is 10.2 Å². The Morgan fingerprint density at radius 2 is 2.28 bits per heavy atom. The van der Waals surface area contributed by atoms with Crippen LogP contribution in [0.1, 0.15) is 12.5 Å². The second-order valence-corrected chi connectivity index (χ2v) is 5.92. The molecule has 1 aromatic heterocycles. The summed E-state index contributed by atoms with van der Waals surface area (Å²) in [6.45, 7) is 4.60. The van der Waals surface area contributed by atoms with Crippen molar-refractivity contribution >= 4 is 17.2 Å². The van der Waals surface area contributed by atoms with Crippen molar-refractivity contribution < 1.29 is 14.1 Å². The largest absolute Gasteiger partial charge is 0.375 e. The maximum absolute atomic E-state index is 13.3. The van der Waals surface area contributed by atoms with Crippen molar-refractivity contribution in [2.24, 2.45) is 0 Å². The van der Waals surface area contributed by atoms with E-state index in [2.05, 4.69) is 15.2 Å². The molecule has 2 heterocycles. The van der Waals surface area contributed by atoms with Crippen LogP contribution in [0.25, 0.3) is 0 Å². The number of morpholine rings is 1. The van der Waals surface area contributed by atoms with Crippen LogP contribution in [-0.2, 0) is 11.3 Å². The van der Waals surface area contributed by atoms with Gasteiger partial charge in [-0.15, -0.1) is 0 Å². The summed E-state index contributed by atoms with van der Waals surface area (Å²) in [4.78, 5) is 17.1. The van der Waals surface area contributed by atoms with Gasteiger partial charge < -0.3 is 15.0 Å². The van der Waals surface area contributed by atoms with Gasteiger partial charge in [0.15, 0.2) is 0 Å². The number of hydrogen-bond acceptors (Lipinski definition) is 6. The number of benzene rings is 1. The fourth-order valence-corrected chi connectivity index (χ4v) is 2.74. The third-order valence-corrected chi connectivity index (χ3v) is 4.01. The van der Waals surface area contributed by atoms with Gasteiger partial charge in [0.1, 0.15) is 17.3 Å². The van der Waals surface area contributed by atoms with E-state index in [-0.39, 0.29) is 17.5 Å². The minimum Gasteiger partial charge on any atom is -0.375 e. The Hall–Kier alpha value is -2.74. The fourth-order valence-electron chi connectivity index (χ4n) is 2.74. The number of nitrogens with zero attached hydrogens (tertiary/aromatic N) is 3. The van der Waals surface area contributed by atoms with E-state index >= 15 is 0 Å². The normalized spacial score (nSPS) is 17.4. The fraction of sp³-hybridized carbons (Fsp3) is 0.353. The minimum absolute atomic E-state index is 0.149. The van der Waals surface area contributed by atoms with Gasteiger partial charge in [0.2, 0.25) is 0 Å². The maximum atomic E-state index is 13.3. The SMILES string of the molecule is CC1CN(c2ccc(CNc3cc(F)ccc3[N+](=O)[O-])cn2)CCO1. The second kappa shape index (κ2) is 7.43. The molecule has 2 aromatic rings. The van der Waals surface area contributed by atoms with E-state index in [1.54, 1.807) is 6.20 Å². The zero-order valence-corrected chi connectivity index (χ0v) is 13.8. The molecule has 1 atom stereocenters. The highest BCUT2D eigenvalue weighted by Crippen LogP contribution is 2.25. The van der Waals surface area contributed by atoms with Crippen molar-refractivity contribution in [3.63, 3.8) is 0 Å². The first-order chi connectivity index (χ1) is 12.0. The molecule has 1 aromatic carbocycles. The average Bonchev–Trinajstić information content (AvgIpc) is 2.60. The number of aromatic nitrogens is 1. The molecule has 1 fully saturated rings. The summed E-state index contributed by atoms with van der Waals surface area (Å²) in [5.74, 6) is 0.346. The molecule has 0 amide bonds. The van der Waals surface area contributed by atoms with Crippen LogP contribution in [0.15, 0.2) is 36.5 Å². The lowest BCUT2D eigenvalue weighted by Gasteiger charge is -2.32. The summed E-state index contributed by atoms with van der Waals surface area (Å²) >= 11 is 0. The van der Waals surface area contributed by atoms with Gasteiger partial charge in [-0.25, -0.2) is 9.37 Å². The number of halogens is 1. The van der Waals surface area contributed by atoms with Crippen molar-refractivity contribution in [2.45, 2.75) is 19.6 Å². The zero-order valence-electron chi connectivity index (χ0n) is 13.8. The van der Waals surface area contributed by atoms with Crippen molar-refractivity contribution in [3.05, 3.63) is 58.0 Å². The first-order valence-corrected chi connectivity index (χ1v) is 8.02. The van der Waals surface area contributed by atoms with Crippen LogP contribution in [0.4, 0.5) is 21.6 Å². The van der Waals surface area contributed by atoms with Gasteiger partial charge in [0.25, 0.3) is 5.69 Å². The molecule has 1 aliphatic heterocycles. The molecule has 8 heteroatoms. The average molecular weight is 346 g/mol. The summed E-state index contributed by atoms with van der Waals surface area (Å²) in [5.41, 5.74) is 0.841. The summed E-state index contributed by atoms with van der Waals surface area (Å²) in [7, 11) is 0. The second-order valence-electron chi connectivity index (χ2n) is 5.92. The number of pyridine rings is 1. The monoisotopic (exact) mass is 346 g/mol. The van der Waals surface area contributed by atoms with E-state index < -0.39 is 10.7 Å². The van der Waals surface area contributed by atoms with Crippen LogP contribution in [0.2, 0.25) is 0 Å². The summed E-state index contributed by atoms with van der Waals surface area (Å²) in [6, 6.07) is 7.16. The molecular weight excluding hydrogens is 327 g/mol. The first-order valence-electron chi connectivity index (χ1n) is 8.02. The maximum Gasteiger partial charge on any atom is 0.292 e. The number of hydrogen-bond donors (Lipinski definition) is 1. The lowest BCUT2D eigenvalue weighted by molar-refractivity contribution is -0.384. The highest BCUT2D eigenvalue weighted by Gasteiger charge is 2.18. The molecule has 25 heavy (non-hydrogen) atoms. The Morgan fingerprint density at radius 1 is 1.44 bits per heavy atom. The van der Waals surface area contributed by atoms with Crippen molar-refractivity contribution in [1.29, 1.82) is 0 Å². The van der Waals surface area contributed by atoms with Gasteiger partial charge in [0.05, 0.1) is 17.6 Å². The third kappa shape index (κ3) is 4.21. The number of nitrogens with one attached hydrogen (secondary N) is 1. The molecule has 1 N–H and O–H groups in total. The Bertz CT molecular complexity index is 754. The molecule has 0 aliphatic carbocycles. The van der Waals surface area contributed by atoms with E-state index in [1.165, 1.54) is 0 Å². The van der Waals surface area contributed by atoms with Gasteiger partial charge in [-0.3, -0.25) is 10.1 Å².